The van der Waals surface area contributed by atoms with Crippen molar-refractivity contribution in [3.8, 4) is 11.5 Å². The summed E-state index contributed by atoms with van der Waals surface area (Å²) in [4.78, 5) is 0. The SMILES string of the molecule is C=CCOc1cc(O)c(Cl)c2ccccc12. The molecule has 2 rings (SSSR count). The molecule has 0 fully saturated rings. The van der Waals surface area contributed by atoms with E-state index in [0.29, 0.717) is 17.4 Å². The Morgan fingerprint density at radius 2 is 2.00 bits per heavy atom. The summed E-state index contributed by atoms with van der Waals surface area (Å²) < 4.78 is 5.47. The minimum absolute atomic E-state index is 0.0272. The molecule has 0 aliphatic carbocycles. The Balaban J connectivity index is 2.64. The largest absolute Gasteiger partial charge is 0.506 e. The first kappa shape index (κ1) is 10.8. The summed E-state index contributed by atoms with van der Waals surface area (Å²) in [6, 6.07) is 9.03. The lowest BCUT2D eigenvalue weighted by Crippen LogP contribution is -1.93. The summed E-state index contributed by atoms with van der Waals surface area (Å²) in [5.41, 5.74) is 0. The maximum absolute atomic E-state index is 9.66. The van der Waals surface area contributed by atoms with Crippen LogP contribution < -0.4 is 4.74 Å². The zero-order valence-corrected chi connectivity index (χ0v) is 9.37. The smallest absolute Gasteiger partial charge is 0.138 e. The standard InChI is InChI=1S/C13H11ClO2/c1-2-7-16-12-8-11(15)13(14)10-6-4-3-5-9(10)12/h2-6,8,15H,1,7H2. The van der Waals surface area contributed by atoms with Gasteiger partial charge in [-0.15, -0.1) is 0 Å². The number of benzene rings is 2. The summed E-state index contributed by atoms with van der Waals surface area (Å²) in [7, 11) is 0. The van der Waals surface area contributed by atoms with E-state index in [4.69, 9.17) is 16.3 Å². The molecule has 3 heteroatoms. The Bertz CT molecular complexity index is 535. The van der Waals surface area contributed by atoms with Crippen LogP contribution in [0.2, 0.25) is 5.02 Å². The van der Waals surface area contributed by atoms with E-state index in [1.807, 2.05) is 24.3 Å². The van der Waals surface area contributed by atoms with E-state index in [0.717, 1.165) is 10.8 Å². The van der Waals surface area contributed by atoms with Gasteiger partial charge in [0.15, 0.2) is 0 Å². The van der Waals surface area contributed by atoms with Crippen LogP contribution in [-0.2, 0) is 0 Å². The van der Waals surface area contributed by atoms with Crippen molar-refractivity contribution in [2.75, 3.05) is 6.61 Å². The van der Waals surface area contributed by atoms with Gasteiger partial charge < -0.3 is 9.84 Å². The van der Waals surface area contributed by atoms with Crippen LogP contribution in [0.5, 0.6) is 11.5 Å². The first-order valence-electron chi connectivity index (χ1n) is 4.88. The number of halogens is 1. The molecule has 0 radical (unpaired) electrons. The van der Waals surface area contributed by atoms with Crippen molar-refractivity contribution in [3.05, 3.63) is 48.0 Å². The van der Waals surface area contributed by atoms with Gasteiger partial charge in [0.1, 0.15) is 18.1 Å². The number of phenolic OH excluding ortho intramolecular Hbond substituents is 1. The molecule has 0 aliphatic rings. The Morgan fingerprint density at radius 1 is 1.31 bits per heavy atom. The van der Waals surface area contributed by atoms with E-state index in [9.17, 15) is 5.11 Å². The van der Waals surface area contributed by atoms with Crippen LogP contribution >= 0.6 is 11.6 Å². The highest BCUT2D eigenvalue weighted by Crippen LogP contribution is 2.38. The molecule has 0 bridgehead atoms. The van der Waals surface area contributed by atoms with E-state index in [2.05, 4.69) is 6.58 Å². The number of hydrogen-bond acceptors (Lipinski definition) is 2. The molecule has 1 N–H and O–H groups in total. The Kier molecular flexibility index (Phi) is 3.02. The molecule has 0 spiro atoms. The van der Waals surface area contributed by atoms with Crippen molar-refractivity contribution < 1.29 is 9.84 Å². The number of ether oxygens (including phenoxy) is 1. The van der Waals surface area contributed by atoms with Crippen LogP contribution in [0.15, 0.2) is 43.0 Å². The molecule has 2 aromatic carbocycles. The predicted molar refractivity (Wildman–Crippen MR) is 66.3 cm³/mol. The number of phenols is 1. The molecule has 0 aromatic heterocycles. The Hall–Kier alpha value is -1.67. The summed E-state index contributed by atoms with van der Waals surface area (Å²) in [6.45, 7) is 3.98. The van der Waals surface area contributed by atoms with E-state index in [1.165, 1.54) is 6.07 Å². The monoisotopic (exact) mass is 234 g/mol. The van der Waals surface area contributed by atoms with Crippen LogP contribution in [0, 0.1) is 0 Å². The molecule has 16 heavy (non-hydrogen) atoms. The van der Waals surface area contributed by atoms with E-state index >= 15 is 0 Å². The third-order valence-corrected chi connectivity index (χ3v) is 2.68. The normalized spacial score (nSPS) is 10.3. The fourth-order valence-corrected chi connectivity index (χ4v) is 1.78. The van der Waals surface area contributed by atoms with Crippen molar-refractivity contribution in [3.63, 3.8) is 0 Å². The number of rotatable bonds is 3. The maximum Gasteiger partial charge on any atom is 0.138 e. The highest BCUT2D eigenvalue weighted by atomic mass is 35.5. The van der Waals surface area contributed by atoms with Crippen molar-refractivity contribution in [1.29, 1.82) is 0 Å². The minimum atomic E-state index is 0.0272. The highest BCUT2D eigenvalue weighted by molar-refractivity contribution is 6.37. The maximum atomic E-state index is 9.66. The van der Waals surface area contributed by atoms with Crippen molar-refractivity contribution in [2.45, 2.75) is 0 Å². The predicted octanol–water partition coefficient (Wildman–Crippen LogP) is 3.76. The first-order valence-corrected chi connectivity index (χ1v) is 5.25. The van der Waals surface area contributed by atoms with Crippen molar-refractivity contribution in [1.82, 2.24) is 0 Å². The zero-order valence-electron chi connectivity index (χ0n) is 8.61. The molecule has 82 valence electrons. The van der Waals surface area contributed by atoms with Gasteiger partial charge >= 0.3 is 0 Å². The number of aromatic hydroxyl groups is 1. The van der Waals surface area contributed by atoms with Gasteiger partial charge in [-0.3, -0.25) is 0 Å². The molecular weight excluding hydrogens is 224 g/mol. The third-order valence-electron chi connectivity index (χ3n) is 2.28. The first-order chi connectivity index (χ1) is 7.74. The average Bonchev–Trinajstić information content (AvgIpc) is 2.32. The lowest BCUT2D eigenvalue weighted by molar-refractivity contribution is 0.364. The Morgan fingerprint density at radius 3 is 2.69 bits per heavy atom. The van der Waals surface area contributed by atoms with Crippen molar-refractivity contribution in [2.24, 2.45) is 0 Å². The van der Waals surface area contributed by atoms with Gasteiger partial charge in [0.05, 0.1) is 5.02 Å². The molecule has 0 unspecified atom stereocenters. The highest BCUT2D eigenvalue weighted by Gasteiger charge is 2.09. The zero-order chi connectivity index (χ0) is 11.5. The lowest BCUT2D eigenvalue weighted by atomic mass is 10.1. The van der Waals surface area contributed by atoms with Gasteiger partial charge in [-0.05, 0) is 0 Å². The number of fused-ring (bicyclic) bond motifs is 1. The molecule has 0 heterocycles. The summed E-state index contributed by atoms with van der Waals surface area (Å²) in [6.07, 6.45) is 1.65. The van der Waals surface area contributed by atoms with Gasteiger partial charge in [0.2, 0.25) is 0 Å². The summed E-state index contributed by atoms with van der Waals surface area (Å²) >= 11 is 6.01. The molecular formula is C13H11ClO2. The van der Waals surface area contributed by atoms with Crippen LogP contribution in [0.1, 0.15) is 0 Å². The topological polar surface area (TPSA) is 29.5 Å². The molecule has 0 saturated carbocycles. The van der Waals surface area contributed by atoms with Crippen LogP contribution in [-0.4, -0.2) is 11.7 Å². The average molecular weight is 235 g/mol. The molecule has 0 amide bonds. The third kappa shape index (κ3) is 1.84. The van der Waals surface area contributed by atoms with Gasteiger partial charge in [-0.1, -0.05) is 48.5 Å². The van der Waals surface area contributed by atoms with E-state index < -0.39 is 0 Å². The van der Waals surface area contributed by atoms with Crippen LogP contribution in [0.25, 0.3) is 10.8 Å². The van der Waals surface area contributed by atoms with Gasteiger partial charge in [-0.25, -0.2) is 0 Å². The summed E-state index contributed by atoms with van der Waals surface area (Å²) in [5.74, 6) is 0.636. The van der Waals surface area contributed by atoms with Gasteiger partial charge in [0.25, 0.3) is 0 Å². The molecule has 0 atom stereocenters. The quantitative estimate of drug-likeness (QED) is 0.820. The fourth-order valence-electron chi connectivity index (χ4n) is 1.56. The van der Waals surface area contributed by atoms with Gasteiger partial charge in [0, 0.05) is 16.8 Å². The molecule has 0 aliphatic heterocycles. The lowest BCUT2D eigenvalue weighted by Gasteiger charge is -2.10. The van der Waals surface area contributed by atoms with Crippen LogP contribution in [0.4, 0.5) is 0 Å². The second-order valence-corrected chi connectivity index (χ2v) is 3.73. The van der Waals surface area contributed by atoms with E-state index in [1.54, 1.807) is 6.08 Å². The Labute approximate surface area is 98.7 Å². The molecule has 0 saturated heterocycles. The van der Waals surface area contributed by atoms with E-state index in [-0.39, 0.29) is 5.75 Å². The number of hydrogen-bond donors (Lipinski definition) is 1. The second kappa shape index (κ2) is 4.45. The second-order valence-electron chi connectivity index (χ2n) is 3.35. The van der Waals surface area contributed by atoms with Gasteiger partial charge in [-0.2, -0.15) is 0 Å². The molecule has 2 aromatic rings. The van der Waals surface area contributed by atoms with Crippen LogP contribution in [0.3, 0.4) is 0 Å². The van der Waals surface area contributed by atoms with Crippen molar-refractivity contribution >= 4 is 22.4 Å². The fraction of sp³-hybridized carbons (Fsp3) is 0.0769. The molecule has 2 nitrogen and oxygen atoms in total. The minimum Gasteiger partial charge on any atom is -0.506 e. The summed E-state index contributed by atoms with van der Waals surface area (Å²) in [5, 5.41) is 11.7.